The highest BCUT2D eigenvalue weighted by Gasteiger charge is 2.32. The molecule has 66 heavy (non-hydrogen) atoms. The van der Waals surface area contributed by atoms with Crippen LogP contribution in [0.1, 0.15) is 98.4 Å². The number of thioether (sulfide) groups is 2. The van der Waals surface area contributed by atoms with Crippen LogP contribution in [0.5, 0.6) is 0 Å². The number of benzene rings is 3. The smallest absolute Gasteiger partial charge is 0.341 e. The molecule has 0 saturated carbocycles. The Morgan fingerprint density at radius 1 is 0.561 bits per heavy atom. The number of carbonyl (C=O) groups excluding carboxylic acids is 4. The summed E-state index contributed by atoms with van der Waals surface area (Å²) in [6, 6.07) is 27.1. The van der Waals surface area contributed by atoms with E-state index in [2.05, 4.69) is 77.1 Å². The van der Waals surface area contributed by atoms with E-state index in [1.807, 2.05) is 64.4 Å². The third-order valence-corrected chi connectivity index (χ3v) is 17.3. The van der Waals surface area contributed by atoms with E-state index >= 15 is 0 Å². The van der Waals surface area contributed by atoms with Crippen LogP contribution >= 0.6 is 78.1 Å². The number of rotatable bonds is 14. The number of carbonyl (C=O) groups is 4. The summed E-state index contributed by atoms with van der Waals surface area (Å²) in [6.07, 6.45) is 4.06. The van der Waals surface area contributed by atoms with Crippen LogP contribution in [-0.2, 0) is 21.0 Å². The number of pyridine rings is 2. The van der Waals surface area contributed by atoms with Gasteiger partial charge in [0, 0.05) is 54.7 Å². The Balaban J connectivity index is 1.09. The van der Waals surface area contributed by atoms with Crippen LogP contribution in [0.3, 0.4) is 0 Å². The zero-order chi connectivity index (χ0) is 46.6. The first-order valence-electron chi connectivity index (χ1n) is 21.2. The van der Waals surface area contributed by atoms with Crippen LogP contribution in [-0.4, -0.2) is 45.5 Å². The maximum atomic E-state index is 14.4. The number of esters is 2. The number of ether oxygens (including phenoxy) is 2. The van der Waals surface area contributed by atoms with E-state index in [1.54, 1.807) is 61.6 Å². The Morgan fingerprint density at radius 2 is 0.955 bits per heavy atom. The summed E-state index contributed by atoms with van der Waals surface area (Å²) >= 11 is 13.1. The molecule has 0 aliphatic heterocycles. The molecule has 9 rings (SSSR count). The molecule has 0 N–H and O–H groups in total. The lowest BCUT2D eigenvalue weighted by molar-refractivity contribution is 0.0521. The minimum absolute atomic E-state index is 0.154. The predicted octanol–water partition coefficient (Wildman–Crippen LogP) is 14.8. The number of fused-ring (bicyclic) bond motifs is 6. The van der Waals surface area contributed by atoms with E-state index in [1.165, 1.54) is 22.7 Å². The van der Waals surface area contributed by atoms with E-state index in [0.29, 0.717) is 54.3 Å². The fraction of sp³-hybridized carbons (Fsp3) is 0.192. The summed E-state index contributed by atoms with van der Waals surface area (Å²) in [5.74, 6) is -0.00756. The number of aryl methyl sites for hydroxylation is 4. The van der Waals surface area contributed by atoms with Gasteiger partial charge in [-0.05, 0) is 123 Å². The molecule has 0 fully saturated rings. The molecule has 8 nitrogen and oxygen atoms in total. The van der Waals surface area contributed by atoms with Gasteiger partial charge in [0.25, 0.3) is 0 Å². The van der Waals surface area contributed by atoms with Gasteiger partial charge in [-0.3, -0.25) is 9.59 Å². The molecule has 6 aromatic heterocycles. The van der Waals surface area contributed by atoms with E-state index in [-0.39, 0.29) is 24.8 Å². The number of halogens is 2. The molecule has 0 aliphatic rings. The minimum Gasteiger partial charge on any atom is -0.462 e. The number of ketones is 2. The van der Waals surface area contributed by atoms with Crippen LogP contribution < -0.4 is 0 Å². The average Bonchev–Trinajstić information content (AvgIpc) is 4.04. The predicted molar refractivity (Wildman–Crippen MR) is 277 cm³/mol. The Hall–Kier alpha value is -4.96. The van der Waals surface area contributed by atoms with Crippen molar-refractivity contribution in [2.75, 3.05) is 13.2 Å². The summed E-state index contributed by atoms with van der Waals surface area (Å²) in [7, 11) is 0. The SMILES string of the molecule is CCOC(=O)c1c2c(C(=O)c3ccc(Br)cc3)sc(SCc3cccc(CSc4sc(C(=O)c5ccc(Br)cc5)c5c(C(=O)OCC)c6c(C)cc(C)cn6c45)c3)c2n2cc(C)cc(C)c12. The van der Waals surface area contributed by atoms with Crippen molar-refractivity contribution in [3.05, 3.63) is 172 Å². The van der Waals surface area contributed by atoms with Crippen molar-refractivity contribution in [3.8, 4) is 0 Å². The zero-order valence-electron chi connectivity index (χ0n) is 36.8. The molecule has 0 spiro atoms. The van der Waals surface area contributed by atoms with Crippen LogP contribution in [0.2, 0.25) is 0 Å². The maximum absolute atomic E-state index is 14.4. The van der Waals surface area contributed by atoms with Crippen molar-refractivity contribution in [2.24, 2.45) is 0 Å². The molecule has 6 heterocycles. The van der Waals surface area contributed by atoms with Gasteiger partial charge < -0.3 is 18.3 Å². The number of thiophene rings is 2. The number of nitrogens with zero attached hydrogens (tertiary/aromatic N) is 2. The van der Waals surface area contributed by atoms with Gasteiger partial charge in [0.05, 0.1) is 64.6 Å². The third-order valence-electron chi connectivity index (χ3n) is 11.3. The molecule has 3 aromatic carbocycles. The van der Waals surface area contributed by atoms with Crippen molar-refractivity contribution in [2.45, 2.75) is 61.5 Å². The van der Waals surface area contributed by atoms with Crippen molar-refractivity contribution in [3.63, 3.8) is 0 Å². The lowest BCUT2D eigenvalue weighted by Crippen LogP contribution is -2.07. The fourth-order valence-electron chi connectivity index (χ4n) is 8.63. The van der Waals surface area contributed by atoms with Gasteiger partial charge in [-0.25, -0.2) is 9.59 Å². The van der Waals surface area contributed by atoms with E-state index < -0.39 is 11.9 Å². The maximum Gasteiger partial charge on any atom is 0.341 e. The Bertz CT molecular complexity index is 3210. The summed E-state index contributed by atoms with van der Waals surface area (Å²) in [4.78, 5) is 57.5. The lowest BCUT2D eigenvalue weighted by atomic mass is 10.0. The second-order valence-electron chi connectivity index (χ2n) is 16.0. The molecule has 0 atom stereocenters. The monoisotopic (exact) mass is 1080 g/mol. The highest BCUT2D eigenvalue weighted by atomic mass is 79.9. The van der Waals surface area contributed by atoms with Gasteiger partial charge in [0.1, 0.15) is 0 Å². The third kappa shape index (κ3) is 8.49. The molecule has 0 unspecified atom stereocenters. The van der Waals surface area contributed by atoms with Crippen molar-refractivity contribution in [1.29, 1.82) is 0 Å². The van der Waals surface area contributed by atoms with Crippen molar-refractivity contribution >= 4 is 134 Å². The number of hydrogen-bond acceptors (Lipinski definition) is 10. The Morgan fingerprint density at radius 3 is 1.33 bits per heavy atom. The highest BCUT2D eigenvalue weighted by Crippen LogP contribution is 2.47. The average molecular weight is 1080 g/mol. The lowest BCUT2D eigenvalue weighted by Gasteiger charge is -2.08. The van der Waals surface area contributed by atoms with Gasteiger partial charge in [-0.1, -0.05) is 68.3 Å². The Labute approximate surface area is 415 Å². The molecular formula is C52H42Br2N2O6S4. The largest absolute Gasteiger partial charge is 0.462 e. The molecule has 9 aromatic rings. The standard InChI is InChI=1S/C52H42Br2N2O6S4/c1-7-61-49(59)39-37-43(55-23-27(3)20-29(5)41(39)55)51(65-47(37)45(57)33-12-16-35(53)17-13-33)63-25-31-10-9-11-32(22-31)26-64-52-44-38(48(66-52)46(58)34-14-18-36(54)19-15-34)40(50(60)62-8-2)42-30(6)21-28(4)24-56(42)44/h9-24H,7-8,25-26H2,1-6H3. The topological polar surface area (TPSA) is 95.6 Å². The number of aromatic nitrogens is 2. The molecule has 0 radical (unpaired) electrons. The summed E-state index contributed by atoms with van der Waals surface area (Å²) < 4.78 is 19.0. The summed E-state index contributed by atoms with van der Waals surface area (Å²) in [5, 5.41) is 1.23. The van der Waals surface area contributed by atoms with E-state index in [4.69, 9.17) is 9.47 Å². The normalized spacial score (nSPS) is 11.6. The number of hydrogen-bond donors (Lipinski definition) is 0. The second-order valence-corrected chi connectivity index (χ2v) is 22.3. The van der Waals surface area contributed by atoms with Gasteiger partial charge in [0.2, 0.25) is 11.6 Å². The first kappa shape index (κ1) is 46.2. The first-order chi connectivity index (χ1) is 31.8. The quantitative estimate of drug-likeness (QED) is 0.0604. The molecule has 0 amide bonds. The van der Waals surface area contributed by atoms with Gasteiger partial charge >= 0.3 is 11.9 Å². The molecule has 334 valence electrons. The van der Waals surface area contributed by atoms with Gasteiger partial charge in [0.15, 0.2) is 0 Å². The van der Waals surface area contributed by atoms with Crippen LogP contribution in [0.15, 0.2) is 115 Å². The highest BCUT2D eigenvalue weighted by molar-refractivity contribution is 9.10. The zero-order valence-corrected chi connectivity index (χ0v) is 43.2. The van der Waals surface area contributed by atoms with Crippen molar-refractivity contribution in [1.82, 2.24) is 8.80 Å². The summed E-state index contributed by atoms with van der Waals surface area (Å²) in [6.45, 7) is 12.0. The Kier molecular flexibility index (Phi) is 13.3. The molecule has 14 heteroatoms. The van der Waals surface area contributed by atoms with Gasteiger partial charge in [-0.2, -0.15) is 0 Å². The van der Waals surface area contributed by atoms with Crippen LogP contribution in [0.25, 0.3) is 32.8 Å². The molecule has 0 saturated heterocycles. The van der Waals surface area contributed by atoms with Gasteiger partial charge in [-0.15, -0.1) is 46.2 Å². The van der Waals surface area contributed by atoms with Crippen LogP contribution in [0, 0.1) is 27.7 Å². The first-order valence-corrected chi connectivity index (χ1v) is 26.4. The fourth-order valence-corrected chi connectivity index (χ4v) is 14.1. The van der Waals surface area contributed by atoms with E-state index in [0.717, 1.165) is 72.8 Å². The molecular weight excluding hydrogens is 1040 g/mol. The summed E-state index contributed by atoms with van der Waals surface area (Å²) in [5.41, 5.74) is 11.1. The van der Waals surface area contributed by atoms with E-state index in [9.17, 15) is 19.2 Å². The van der Waals surface area contributed by atoms with Crippen LogP contribution in [0.4, 0.5) is 0 Å². The molecule has 0 bridgehead atoms. The second kappa shape index (κ2) is 19.0. The van der Waals surface area contributed by atoms with Crippen molar-refractivity contribution < 1.29 is 28.7 Å². The molecule has 0 aliphatic carbocycles. The minimum atomic E-state index is -0.454.